The average Bonchev–Trinajstić information content (AvgIpc) is 3.20. The van der Waals surface area contributed by atoms with Gasteiger partial charge in [0.2, 0.25) is 0 Å². The number of benzene rings is 1. The van der Waals surface area contributed by atoms with Crippen molar-refractivity contribution < 1.29 is 17.7 Å². The van der Waals surface area contributed by atoms with E-state index in [1.54, 1.807) is 43.3 Å². The van der Waals surface area contributed by atoms with Crippen LogP contribution < -0.4 is 15.4 Å². The standard InChI is InChI=1S/C22H22F3N5OS/c1-14-5-2-3-6-16(14)21-17(22(23,24)25)9-10-18(27-21)29-32(31)20-8-4-7-19(28-20)30-12-11-15(26)13-30/h2-10,15H,11-13,26H2,1H3,(H,27,29). The summed E-state index contributed by atoms with van der Waals surface area (Å²) in [6, 6.07) is 14.0. The summed E-state index contributed by atoms with van der Waals surface area (Å²) in [5.41, 5.74) is 5.89. The van der Waals surface area contributed by atoms with Gasteiger partial charge in [0, 0.05) is 30.8 Å². The average molecular weight is 462 g/mol. The molecule has 0 spiro atoms. The Morgan fingerprint density at radius 2 is 1.88 bits per heavy atom. The topological polar surface area (TPSA) is 90.1 Å². The smallest absolute Gasteiger partial charge is 0.418 e. The van der Waals surface area contributed by atoms with Crippen LogP contribution in [0.2, 0.25) is 0 Å². The normalized spacial score (nSPS) is 17.4. The maximum atomic E-state index is 13.6. The molecule has 0 saturated carbocycles. The highest BCUT2D eigenvalue weighted by Crippen LogP contribution is 2.38. The Hall–Kier alpha value is -2.82. The number of pyridine rings is 2. The van der Waals surface area contributed by atoms with E-state index in [1.807, 2.05) is 11.0 Å². The first-order valence-corrected chi connectivity index (χ1v) is 11.2. The van der Waals surface area contributed by atoms with Gasteiger partial charge in [-0.05, 0) is 37.1 Å². The summed E-state index contributed by atoms with van der Waals surface area (Å²) < 4.78 is 56.4. The number of aromatic nitrogens is 2. The highest BCUT2D eigenvalue weighted by Gasteiger charge is 2.35. The van der Waals surface area contributed by atoms with Gasteiger partial charge in [-0.3, -0.25) is 0 Å². The van der Waals surface area contributed by atoms with Crippen molar-refractivity contribution in [2.45, 2.75) is 30.6 Å². The summed E-state index contributed by atoms with van der Waals surface area (Å²) in [6.07, 6.45) is -3.72. The minimum atomic E-state index is -4.57. The molecule has 10 heteroatoms. The predicted octanol–water partition coefficient (Wildman–Crippen LogP) is 4.14. The lowest BCUT2D eigenvalue weighted by Crippen LogP contribution is -2.27. The van der Waals surface area contributed by atoms with E-state index in [0.717, 1.165) is 19.0 Å². The monoisotopic (exact) mass is 461 g/mol. The first-order valence-electron chi connectivity index (χ1n) is 10.0. The molecule has 6 nitrogen and oxygen atoms in total. The largest absolute Gasteiger partial charge is 0.587 e. The summed E-state index contributed by atoms with van der Waals surface area (Å²) in [7, 11) is 0. The van der Waals surface area contributed by atoms with Crippen LogP contribution >= 0.6 is 0 Å². The van der Waals surface area contributed by atoms with Gasteiger partial charge in [-0.2, -0.15) is 22.9 Å². The summed E-state index contributed by atoms with van der Waals surface area (Å²) in [4.78, 5) is 10.6. The third-order valence-electron chi connectivity index (χ3n) is 5.25. The van der Waals surface area contributed by atoms with Crippen molar-refractivity contribution in [1.29, 1.82) is 0 Å². The van der Waals surface area contributed by atoms with Crippen molar-refractivity contribution in [2.75, 3.05) is 22.7 Å². The first-order chi connectivity index (χ1) is 15.2. The molecular weight excluding hydrogens is 439 g/mol. The molecule has 1 aliphatic heterocycles. The van der Waals surface area contributed by atoms with Crippen molar-refractivity contribution in [3.63, 3.8) is 0 Å². The number of alkyl halides is 3. The van der Waals surface area contributed by atoms with Crippen LogP contribution in [0.25, 0.3) is 11.3 Å². The lowest BCUT2D eigenvalue weighted by atomic mass is 10.0. The molecule has 2 aromatic heterocycles. The van der Waals surface area contributed by atoms with Crippen LogP contribution in [0.4, 0.5) is 24.8 Å². The van der Waals surface area contributed by atoms with Crippen LogP contribution in [0.5, 0.6) is 0 Å². The maximum absolute atomic E-state index is 13.6. The Morgan fingerprint density at radius 3 is 2.56 bits per heavy atom. The molecule has 4 rings (SSSR count). The number of aryl methyl sites for hydroxylation is 1. The van der Waals surface area contributed by atoms with E-state index in [0.29, 0.717) is 23.5 Å². The second kappa shape index (κ2) is 8.97. The van der Waals surface area contributed by atoms with Gasteiger partial charge in [0.1, 0.15) is 17.2 Å². The third kappa shape index (κ3) is 4.82. The molecule has 3 aromatic rings. The number of nitrogens with two attached hydrogens (primary N) is 1. The van der Waals surface area contributed by atoms with Gasteiger partial charge in [-0.25, -0.2) is 4.98 Å². The number of nitrogens with zero attached hydrogens (tertiary/aromatic N) is 3. The van der Waals surface area contributed by atoms with Crippen LogP contribution in [0.3, 0.4) is 0 Å². The SMILES string of the molecule is Cc1ccccc1-c1nc(N[S+]([O-])c2cccc(N3CCC(N)C3)n2)ccc1C(F)(F)F. The third-order valence-corrected chi connectivity index (χ3v) is 6.25. The number of nitrogens with one attached hydrogen (secondary N) is 1. The molecule has 2 unspecified atom stereocenters. The Morgan fingerprint density at radius 1 is 1.09 bits per heavy atom. The van der Waals surface area contributed by atoms with Crippen molar-refractivity contribution in [3.8, 4) is 11.3 Å². The minimum Gasteiger partial charge on any atom is -0.587 e. The lowest BCUT2D eigenvalue weighted by molar-refractivity contribution is -0.137. The minimum absolute atomic E-state index is 0.0602. The Bertz CT molecular complexity index is 1110. The van der Waals surface area contributed by atoms with Gasteiger partial charge >= 0.3 is 6.18 Å². The van der Waals surface area contributed by atoms with E-state index in [-0.39, 0.29) is 22.6 Å². The maximum Gasteiger partial charge on any atom is 0.418 e. The van der Waals surface area contributed by atoms with Crippen molar-refractivity contribution in [1.82, 2.24) is 9.97 Å². The van der Waals surface area contributed by atoms with Gasteiger partial charge in [0.25, 0.3) is 5.03 Å². The van der Waals surface area contributed by atoms with Gasteiger partial charge in [-0.1, -0.05) is 30.3 Å². The number of anilines is 2. The zero-order chi connectivity index (χ0) is 22.9. The van der Waals surface area contributed by atoms with Crippen LogP contribution in [-0.2, 0) is 17.5 Å². The number of rotatable bonds is 5. The second-order valence-electron chi connectivity index (χ2n) is 7.60. The molecule has 1 aromatic carbocycles. The fourth-order valence-corrected chi connectivity index (χ4v) is 4.40. The van der Waals surface area contributed by atoms with Crippen LogP contribution in [0.15, 0.2) is 59.6 Å². The molecule has 1 fully saturated rings. The molecule has 3 heterocycles. The molecule has 2 atom stereocenters. The number of halogens is 3. The van der Waals surface area contributed by atoms with E-state index in [4.69, 9.17) is 5.73 Å². The highest BCUT2D eigenvalue weighted by molar-refractivity contribution is 7.92. The van der Waals surface area contributed by atoms with Gasteiger partial charge < -0.3 is 15.2 Å². The van der Waals surface area contributed by atoms with Gasteiger partial charge in [0.05, 0.1) is 11.3 Å². The summed E-state index contributed by atoms with van der Waals surface area (Å²) in [5.74, 6) is 0.719. The number of hydrogen-bond donors (Lipinski definition) is 2. The molecule has 168 valence electrons. The quantitative estimate of drug-likeness (QED) is 0.555. The van der Waals surface area contributed by atoms with E-state index < -0.39 is 23.1 Å². The molecule has 1 saturated heterocycles. The molecular formula is C22H22F3N5OS. The van der Waals surface area contributed by atoms with E-state index in [1.165, 1.54) is 6.07 Å². The molecule has 0 bridgehead atoms. The molecule has 0 aliphatic carbocycles. The zero-order valence-corrected chi connectivity index (χ0v) is 18.1. The van der Waals surface area contributed by atoms with E-state index in [9.17, 15) is 17.7 Å². The van der Waals surface area contributed by atoms with Crippen molar-refractivity contribution >= 4 is 23.0 Å². The first kappa shape index (κ1) is 22.4. The van der Waals surface area contributed by atoms with Gasteiger partial charge in [0.15, 0.2) is 5.82 Å². The summed E-state index contributed by atoms with van der Waals surface area (Å²) in [5, 5.41) is 0.252. The molecule has 32 heavy (non-hydrogen) atoms. The fraction of sp³-hybridized carbons (Fsp3) is 0.273. The molecule has 3 N–H and O–H groups in total. The number of hydrogen-bond acceptors (Lipinski definition) is 6. The van der Waals surface area contributed by atoms with Crippen molar-refractivity contribution in [3.05, 3.63) is 65.7 Å². The Balaban J connectivity index is 1.62. The van der Waals surface area contributed by atoms with Crippen LogP contribution in [0, 0.1) is 6.92 Å². The fourth-order valence-electron chi connectivity index (χ4n) is 3.61. The van der Waals surface area contributed by atoms with E-state index in [2.05, 4.69) is 14.7 Å². The van der Waals surface area contributed by atoms with Crippen LogP contribution in [-0.4, -0.2) is 33.7 Å². The highest BCUT2D eigenvalue weighted by atomic mass is 32.2. The van der Waals surface area contributed by atoms with Crippen molar-refractivity contribution in [2.24, 2.45) is 5.73 Å². The summed E-state index contributed by atoms with van der Waals surface area (Å²) in [6.45, 7) is 3.14. The van der Waals surface area contributed by atoms with Gasteiger partial charge in [-0.15, -0.1) is 0 Å². The van der Waals surface area contributed by atoms with Crippen LogP contribution in [0.1, 0.15) is 17.5 Å². The lowest BCUT2D eigenvalue weighted by Gasteiger charge is -2.18. The second-order valence-corrected chi connectivity index (χ2v) is 8.76. The Labute approximate surface area is 187 Å². The molecule has 0 radical (unpaired) electrons. The molecule has 1 aliphatic rings. The Kier molecular flexibility index (Phi) is 6.27. The van der Waals surface area contributed by atoms with E-state index >= 15 is 0 Å². The summed E-state index contributed by atoms with van der Waals surface area (Å²) >= 11 is -1.81. The molecule has 0 amide bonds. The predicted molar refractivity (Wildman–Crippen MR) is 118 cm³/mol. The zero-order valence-electron chi connectivity index (χ0n) is 17.3.